The Morgan fingerprint density at radius 1 is 0.339 bits per heavy atom. The summed E-state index contributed by atoms with van der Waals surface area (Å²) >= 11 is 1.81. The second kappa shape index (κ2) is 13.3. The van der Waals surface area contributed by atoms with E-state index in [1.54, 1.807) is 11.3 Å². The number of hydrogen-bond acceptors (Lipinski definition) is 4. The second-order valence-corrected chi connectivity index (χ2v) is 15.1. The van der Waals surface area contributed by atoms with Crippen molar-refractivity contribution < 1.29 is 0 Å². The number of thiophene rings is 1. The standard InChI is InChI=1S/C51H32N4S/c1-4-15-33(16-5-1)38-21-10-12-24-43(38)55-44-25-13-11-22-39(44)41-31-36(27-29-45(41)55)37-28-30-46-42(32-37)48-40(23-14-26-47(48)56-46)51-53-49(34-17-6-2-7-18-34)52-50(54-51)35-19-8-3-9-20-35/h1-32H. The molecule has 3 heterocycles. The van der Waals surface area contributed by atoms with Gasteiger partial charge in [0.15, 0.2) is 17.5 Å². The van der Waals surface area contributed by atoms with Crippen LogP contribution in [0.15, 0.2) is 194 Å². The van der Waals surface area contributed by atoms with E-state index < -0.39 is 0 Å². The van der Waals surface area contributed by atoms with Crippen LogP contribution < -0.4 is 0 Å². The molecule has 11 aromatic rings. The average molecular weight is 733 g/mol. The molecule has 0 N–H and O–H groups in total. The first kappa shape index (κ1) is 32.2. The minimum atomic E-state index is 0.658. The van der Waals surface area contributed by atoms with Crippen LogP contribution >= 0.6 is 11.3 Å². The molecule has 0 saturated heterocycles. The third-order valence-electron chi connectivity index (χ3n) is 10.7. The molecule has 0 amide bonds. The van der Waals surface area contributed by atoms with Crippen LogP contribution in [-0.2, 0) is 0 Å². The molecule has 3 aromatic heterocycles. The molecule has 4 nitrogen and oxygen atoms in total. The van der Waals surface area contributed by atoms with Gasteiger partial charge in [0.2, 0.25) is 0 Å². The molecule has 0 fully saturated rings. The van der Waals surface area contributed by atoms with E-state index >= 15 is 0 Å². The summed E-state index contributed by atoms with van der Waals surface area (Å²) in [5.74, 6) is 1.98. The highest BCUT2D eigenvalue weighted by Gasteiger charge is 2.19. The first-order valence-corrected chi connectivity index (χ1v) is 19.6. The third-order valence-corrected chi connectivity index (χ3v) is 11.8. The van der Waals surface area contributed by atoms with Gasteiger partial charge in [-0.2, -0.15) is 0 Å². The monoisotopic (exact) mass is 732 g/mol. The van der Waals surface area contributed by atoms with Crippen molar-refractivity contribution in [1.29, 1.82) is 0 Å². The van der Waals surface area contributed by atoms with E-state index in [9.17, 15) is 0 Å². The Bertz CT molecular complexity index is 3180. The first-order chi connectivity index (χ1) is 27.8. The summed E-state index contributed by atoms with van der Waals surface area (Å²) in [6.45, 7) is 0. The predicted octanol–water partition coefficient (Wildman–Crippen LogP) is 13.7. The Hall–Kier alpha value is -7.21. The second-order valence-electron chi connectivity index (χ2n) is 14.0. The van der Waals surface area contributed by atoms with E-state index in [0.29, 0.717) is 17.5 Å². The van der Waals surface area contributed by atoms with Crippen molar-refractivity contribution in [3.8, 4) is 62.1 Å². The van der Waals surface area contributed by atoms with Crippen molar-refractivity contribution in [3.63, 3.8) is 0 Å². The van der Waals surface area contributed by atoms with E-state index in [0.717, 1.165) is 22.1 Å². The fourth-order valence-electron chi connectivity index (χ4n) is 8.06. The van der Waals surface area contributed by atoms with Crippen LogP contribution in [0.2, 0.25) is 0 Å². The largest absolute Gasteiger partial charge is 0.309 e. The smallest absolute Gasteiger partial charge is 0.164 e. The van der Waals surface area contributed by atoms with Crippen LogP contribution in [0.1, 0.15) is 0 Å². The third kappa shape index (κ3) is 5.40. The Labute approximate surface area is 327 Å². The molecule has 0 bridgehead atoms. The molecule has 0 aliphatic heterocycles. The van der Waals surface area contributed by atoms with Crippen molar-refractivity contribution in [2.24, 2.45) is 0 Å². The van der Waals surface area contributed by atoms with Crippen LogP contribution in [0, 0.1) is 0 Å². The molecule has 0 aliphatic rings. The number of fused-ring (bicyclic) bond motifs is 6. The molecule has 11 rings (SSSR count). The summed E-state index contributed by atoms with van der Waals surface area (Å²) in [6, 6.07) is 68.7. The molecule has 0 unspecified atom stereocenters. The Balaban J connectivity index is 1.08. The molecule has 0 atom stereocenters. The van der Waals surface area contributed by atoms with E-state index in [4.69, 9.17) is 15.0 Å². The van der Waals surface area contributed by atoms with Crippen LogP contribution in [0.4, 0.5) is 0 Å². The molecule has 0 aliphatic carbocycles. The van der Waals surface area contributed by atoms with Crippen molar-refractivity contribution in [3.05, 3.63) is 194 Å². The number of rotatable bonds is 6. The summed E-state index contributed by atoms with van der Waals surface area (Å²) < 4.78 is 4.85. The number of benzene rings is 8. The first-order valence-electron chi connectivity index (χ1n) is 18.8. The summed E-state index contributed by atoms with van der Waals surface area (Å²) in [5.41, 5.74) is 11.2. The number of nitrogens with zero attached hydrogens (tertiary/aromatic N) is 4. The number of hydrogen-bond donors (Lipinski definition) is 0. The zero-order chi connectivity index (χ0) is 37.0. The molecular weight excluding hydrogens is 701 g/mol. The highest BCUT2D eigenvalue weighted by atomic mass is 32.1. The SMILES string of the molecule is c1ccc(-c2nc(-c3ccccc3)nc(-c3cccc4sc5ccc(-c6ccc7c(c6)c6ccccc6n7-c6ccccc6-c6ccccc6)cc5c34)n2)cc1. The summed E-state index contributed by atoms with van der Waals surface area (Å²) in [7, 11) is 0. The van der Waals surface area contributed by atoms with Crippen molar-refractivity contribution in [2.75, 3.05) is 0 Å². The molecule has 0 saturated carbocycles. The van der Waals surface area contributed by atoms with Gasteiger partial charge in [-0.25, -0.2) is 15.0 Å². The lowest BCUT2D eigenvalue weighted by Gasteiger charge is -2.14. The fourth-order valence-corrected chi connectivity index (χ4v) is 9.18. The van der Waals surface area contributed by atoms with Gasteiger partial charge < -0.3 is 4.57 Å². The normalized spacial score (nSPS) is 11.6. The zero-order valence-electron chi connectivity index (χ0n) is 30.2. The Kier molecular flexibility index (Phi) is 7.64. The number of para-hydroxylation sites is 2. The van der Waals surface area contributed by atoms with E-state index in [1.165, 1.54) is 64.5 Å². The number of aromatic nitrogens is 4. The van der Waals surface area contributed by atoms with Gasteiger partial charge in [0, 0.05) is 53.2 Å². The highest BCUT2D eigenvalue weighted by Crippen LogP contribution is 2.43. The quantitative estimate of drug-likeness (QED) is 0.171. The van der Waals surface area contributed by atoms with Crippen LogP contribution in [0.3, 0.4) is 0 Å². The topological polar surface area (TPSA) is 43.6 Å². The van der Waals surface area contributed by atoms with Gasteiger partial charge in [0.05, 0.1) is 16.7 Å². The lowest BCUT2D eigenvalue weighted by Crippen LogP contribution is -2.00. The summed E-state index contributed by atoms with van der Waals surface area (Å²) in [4.78, 5) is 15.2. The van der Waals surface area contributed by atoms with E-state index in [2.05, 4.69) is 162 Å². The summed E-state index contributed by atoms with van der Waals surface area (Å²) in [5, 5.41) is 4.81. The minimum absolute atomic E-state index is 0.658. The molecule has 0 radical (unpaired) electrons. The molecule has 262 valence electrons. The van der Waals surface area contributed by atoms with Gasteiger partial charge in [0.25, 0.3) is 0 Å². The van der Waals surface area contributed by atoms with Crippen molar-refractivity contribution in [2.45, 2.75) is 0 Å². The van der Waals surface area contributed by atoms with Crippen LogP contribution in [0.25, 0.3) is 104 Å². The van der Waals surface area contributed by atoms with E-state index in [-0.39, 0.29) is 0 Å². The van der Waals surface area contributed by atoms with Gasteiger partial charge in [-0.15, -0.1) is 11.3 Å². The maximum absolute atomic E-state index is 5.11. The molecule has 5 heteroatoms. The van der Waals surface area contributed by atoms with E-state index in [1.807, 2.05) is 36.4 Å². The molecule has 8 aromatic carbocycles. The van der Waals surface area contributed by atoms with Gasteiger partial charge in [-0.1, -0.05) is 152 Å². The van der Waals surface area contributed by atoms with Crippen LogP contribution in [0.5, 0.6) is 0 Å². The molecule has 56 heavy (non-hydrogen) atoms. The zero-order valence-corrected chi connectivity index (χ0v) is 31.0. The van der Waals surface area contributed by atoms with Crippen molar-refractivity contribution >= 4 is 53.3 Å². The molecule has 0 spiro atoms. The van der Waals surface area contributed by atoms with Crippen LogP contribution in [-0.4, -0.2) is 19.5 Å². The predicted molar refractivity (Wildman–Crippen MR) is 234 cm³/mol. The minimum Gasteiger partial charge on any atom is -0.309 e. The Morgan fingerprint density at radius 2 is 0.893 bits per heavy atom. The van der Waals surface area contributed by atoms with Gasteiger partial charge >= 0.3 is 0 Å². The van der Waals surface area contributed by atoms with Gasteiger partial charge in [0.1, 0.15) is 0 Å². The maximum atomic E-state index is 5.11. The highest BCUT2D eigenvalue weighted by molar-refractivity contribution is 7.26. The van der Waals surface area contributed by atoms with Gasteiger partial charge in [-0.05, 0) is 59.2 Å². The van der Waals surface area contributed by atoms with Gasteiger partial charge in [-0.3, -0.25) is 0 Å². The molecular formula is C51H32N4S. The lowest BCUT2D eigenvalue weighted by molar-refractivity contribution is 1.08. The summed E-state index contributed by atoms with van der Waals surface area (Å²) in [6.07, 6.45) is 0. The lowest BCUT2D eigenvalue weighted by atomic mass is 9.99. The van der Waals surface area contributed by atoms with Crippen molar-refractivity contribution in [1.82, 2.24) is 19.5 Å². The fraction of sp³-hybridized carbons (Fsp3) is 0. The average Bonchev–Trinajstić information content (AvgIpc) is 3.82. The maximum Gasteiger partial charge on any atom is 0.164 e. The Morgan fingerprint density at radius 3 is 1.62 bits per heavy atom.